The summed E-state index contributed by atoms with van der Waals surface area (Å²) >= 11 is 1.59. The predicted octanol–water partition coefficient (Wildman–Crippen LogP) is 5.03. The number of nitrogens with zero attached hydrogens (tertiary/aromatic N) is 6. The van der Waals surface area contributed by atoms with E-state index in [-0.39, 0.29) is 0 Å². The molecule has 1 fully saturated rings. The summed E-state index contributed by atoms with van der Waals surface area (Å²) in [5.74, 6) is 1.47. The summed E-state index contributed by atoms with van der Waals surface area (Å²) in [6.07, 6.45) is 3.48. The van der Waals surface area contributed by atoms with Gasteiger partial charge < -0.3 is 9.80 Å². The highest BCUT2D eigenvalue weighted by atomic mass is 32.2. The van der Waals surface area contributed by atoms with Gasteiger partial charge >= 0.3 is 0 Å². The van der Waals surface area contributed by atoms with Crippen molar-refractivity contribution >= 4 is 23.3 Å². The van der Waals surface area contributed by atoms with Crippen LogP contribution in [0.5, 0.6) is 0 Å². The Balaban J connectivity index is 1.46. The summed E-state index contributed by atoms with van der Waals surface area (Å²) < 4.78 is 0. The molecule has 6 nitrogen and oxygen atoms in total. The third-order valence-corrected chi connectivity index (χ3v) is 6.75. The predicted molar refractivity (Wildman–Crippen MR) is 137 cm³/mol. The second-order valence-corrected chi connectivity index (χ2v) is 8.93. The number of para-hydroxylation sites is 1. The van der Waals surface area contributed by atoms with E-state index < -0.39 is 0 Å². The third kappa shape index (κ3) is 4.87. The van der Waals surface area contributed by atoms with Gasteiger partial charge in [0.15, 0.2) is 11.0 Å². The van der Waals surface area contributed by atoms with E-state index in [2.05, 4.69) is 57.3 Å². The molecule has 3 heterocycles. The standard InChI is InChI=1S/C27H24N6S/c28-18-24-25(22-10-7-13-29-19-22)30-27(34-20-21-8-3-1-4-9-21)31-26(24)33-16-14-32(15-17-33)23-11-5-2-6-12-23/h1-13,19H,14-17,20H2. The highest BCUT2D eigenvalue weighted by Crippen LogP contribution is 2.32. The lowest BCUT2D eigenvalue weighted by atomic mass is 10.1. The summed E-state index contributed by atoms with van der Waals surface area (Å²) in [6, 6.07) is 26.9. The molecule has 34 heavy (non-hydrogen) atoms. The number of aromatic nitrogens is 3. The van der Waals surface area contributed by atoms with Crippen LogP contribution in [0.3, 0.4) is 0 Å². The molecule has 168 valence electrons. The molecule has 7 heteroatoms. The van der Waals surface area contributed by atoms with Gasteiger partial charge in [-0.25, -0.2) is 9.97 Å². The second kappa shape index (κ2) is 10.4. The molecule has 0 atom stereocenters. The van der Waals surface area contributed by atoms with Crippen molar-refractivity contribution in [2.24, 2.45) is 0 Å². The molecule has 0 bridgehead atoms. The molecular weight excluding hydrogens is 440 g/mol. The Kier molecular flexibility index (Phi) is 6.68. The van der Waals surface area contributed by atoms with E-state index in [4.69, 9.17) is 9.97 Å². The maximum Gasteiger partial charge on any atom is 0.190 e. The number of thioether (sulfide) groups is 1. The molecule has 0 unspecified atom stereocenters. The zero-order valence-corrected chi connectivity index (χ0v) is 19.5. The number of rotatable bonds is 6. The van der Waals surface area contributed by atoms with Crippen molar-refractivity contribution in [2.75, 3.05) is 36.0 Å². The van der Waals surface area contributed by atoms with Gasteiger partial charge in [-0.05, 0) is 29.8 Å². The first-order valence-corrected chi connectivity index (χ1v) is 12.2. The van der Waals surface area contributed by atoms with Crippen molar-refractivity contribution in [3.63, 3.8) is 0 Å². The molecule has 2 aromatic heterocycles. The molecule has 0 N–H and O–H groups in total. The minimum absolute atomic E-state index is 0.505. The monoisotopic (exact) mass is 464 g/mol. The molecular formula is C27H24N6S. The first-order valence-electron chi connectivity index (χ1n) is 11.3. The minimum atomic E-state index is 0.505. The molecule has 0 aliphatic carbocycles. The fraction of sp³-hybridized carbons (Fsp3) is 0.185. The van der Waals surface area contributed by atoms with E-state index in [1.54, 1.807) is 24.2 Å². The molecule has 0 amide bonds. The Bertz CT molecular complexity index is 1270. The Labute approximate surface area is 203 Å². The van der Waals surface area contributed by atoms with Crippen molar-refractivity contribution in [2.45, 2.75) is 10.9 Å². The van der Waals surface area contributed by atoms with Crippen LogP contribution in [-0.2, 0) is 5.75 Å². The maximum atomic E-state index is 10.1. The van der Waals surface area contributed by atoms with Gasteiger partial charge in [0, 0.05) is 55.6 Å². The highest BCUT2D eigenvalue weighted by molar-refractivity contribution is 7.98. The molecule has 1 saturated heterocycles. The summed E-state index contributed by atoms with van der Waals surface area (Å²) in [4.78, 5) is 18.5. The van der Waals surface area contributed by atoms with Crippen LogP contribution in [0.4, 0.5) is 11.5 Å². The average Bonchev–Trinajstić information content (AvgIpc) is 2.93. The van der Waals surface area contributed by atoms with E-state index in [0.717, 1.165) is 37.5 Å². The van der Waals surface area contributed by atoms with Gasteiger partial charge in [-0.2, -0.15) is 5.26 Å². The summed E-state index contributed by atoms with van der Waals surface area (Å²) in [6.45, 7) is 3.31. The zero-order chi connectivity index (χ0) is 23.2. The summed E-state index contributed by atoms with van der Waals surface area (Å²) in [7, 11) is 0. The van der Waals surface area contributed by atoms with Crippen LogP contribution in [0.1, 0.15) is 11.1 Å². The van der Waals surface area contributed by atoms with Crippen molar-refractivity contribution in [1.29, 1.82) is 5.26 Å². The first kappa shape index (κ1) is 21.9. The van der Waals surface area contributed by atoms with Crippen molar-refractivity contribution < 1.29 is 0 Å². The number of piperazine rings is 1. The van der Waals surface area contributed by atoms with Gasteiger partial charge in [-0.15, -0.1) is 0 Å². The molecule has 0 saturated carbocycles. The number of anilines is 2. The van der Waals surface area contributed by atoms with Crippen LogP contribution in [0.2, 0.25) is 0 Å². The van der Waals surface area contributed by atoms with E-state index in [1.807, 2.05) is 36.4 Å². The Hall–Kier alpha value is -3.89. The van der Waals surface area contributed by atoms with Crippen molar-refractivity contribution in [3.05, 3.63) is 96.3 Å². The minimum Gasteiger partial charge on any atom is -0.368 e. The number of hydrogen-bond donors (Lipinski definition) is 0. The van der Waals surface area contributed by atoms with Gasteiger partial charge in [0.25, 0.3) is 0 Å². The largest absolute Gasteiger partial charge is 0.368 e. The van der Waals surface area contributed by atoms with Crippen LogP contribution in [0.25, 0.3) is 11.3 Å². The number of benzene rings is 2. The van der Waals surface area contributed by atoms with Crippen molar-refractivity contribution in [1.82, 2.24) is 15.0 Å². The Morgan fingerprint density at radius 2 is 1.53 bits per heavy atom. The fourth-order valence-corrected chi connectivity index (χ4v) is 4.87. The number of hydrogen-bond acceptors (Lipinski definition) is 7. The quantitative estimate of drug-likeness (QED) is 0.293. The lowest BCUT2D eigenvalue weighted by Gasteiger charge is -2.37. The van der Waals surface area contributed by atoms with Crippen LogP contribution in [-0.4, -0.2) is 41.1 Å². The Morgan fingerprint density at radius 3 is 2.21 bits per heavy atom. The highest BCUT2D eigenvalue weighted by Gasteiger charge is 2.24. The zero-order valence-electron chi connectivity index (χ0n) is 18.7. The smallest absolute Gasteiger partial charge is 0.190 e. The van der Waals surface area contributed by atoms with E-state index >= 15 is 0 Å². The molecule has 2 aromatic carbocycles. The molecule has 0 spiro atoms. The van der Waals surface area contributed by atoms with Gasteiger partial charge in [-0.1, -0.05) is 60.3 Å². The average molecular weight is 465 g/mol. The van der Waals surface area contributed by atoms with Gasteiger partial charge in [-0.3, -0.25) is 4.98 Å². The number of nitriles is 1. The fourth-order valence-electron chi connectivity index (χ4n) is 4.07. The number of pyridine rings is 1. The molecule has 1 aliphatic heterocycles. The lowest BCUT2D eigenvalue weighted by Crippen LogP contribution is -2.47. The van der Waals surface area contributed by atoms with E-state index in [0.29, 0.717) is 22.2 Å². The Morgan fingerprint density at radius 1 is 0.824 bits per heavy atom. The van der Waals surface area contributed by atoms with Gasteiger partial charge in [0.2, 0.25) is 0 Å². The lowest BCUT2D eigenvalue weighted by molar-refractivity contribution is 0.643. The van der Waals surface area contributed by atoms with Crippen LogP contribution < -0.4 is 9.80 Å². The summed E-state index contributed by atoms with van der Waals surface area (Å²) in [5, 5.41) is 10.8. The second-order valence-electron chi connectivity index (χ2n) is 7.99. The van der Waals surface area contributed by atoms with E-state index in [1.165, 1.54) is 11.3 Å². The van der Waals surface area contributed by atoms with Crippen molar-refractivity contribution in [3.8, 4) is 17.3 Å². The van der Waals surface area contributed by atoms with Crippen LogP contribution in [0, 0.1) is 11.3 Å². The van der Waals surface area contributed by atoms with Crippen LogP contribution >= 0.6 is 11.8 Å². The first-order chi connectivity index (χ1) is 16.8. The SMILES string of the molecule is N#Cc1c(-c2cccnc2)nc(SCc2ccccc2)nc1N1CCN(c2ccccc2)CC1. The third-order valence-electron chi connectivity index (χ3n) is 5.83. The molecule has 4 aromatic rings. The van der Waals surface area contributed by atoms with Crippen LogP contribution in [0.15, 0.2) is 90.3 Å². The van der Waals surface area contributed by atoms with Gasteiger partial charge in [0.1, 0.15) is 11.6 Å². The summed E-state index contributed by atoms with van der Waals surface area (Å²) in [5.41, 5.74) is 4.40. The topological polar surface area (TPSA) is 68.9 Å². The molecule has 1 aliphatic rings. The normalized spacial score (nSPS) is 13.5. The molecule has 0 radical (unpaired) electrons. The molecule has 5 rings (SSSR count). The van der Waals surface area contributed by atoms with Gasteiger partial charge in [0.05, 0.1) is 5.69 Å². The maximum absolute atomic E-state index is 10.1. The van der Waals surface area contributed by atoms with E-state index in [9.17, 15) is 5.26 Å².